The Morgan fingerprint density at radius 2 is 1.37 bits per heavy atom. The van der Waals surface area contributed by atoms with Crippen LogP contribution in [0.4, 0.5) is 0 Å². The van der Waals surface area contributed by atoms with Crippen LogP contribution >= 0.6 is 0 Å². The molecule has 0 aliphatic rings. The van der Waals surface area contributed by atoms with Crippen molar-refractivity contribution in [1.82, 2.24) is 15.0 Å². The highest BCUT2D eigenvalue weighted by molar-refractivity contribution is 6.05. The van der Waals surface area contributed by atoms with E-state index in [4.69, 9.17) is 16.0 Å². The molecule has 5 rings (SSSR count). The van der Waals surface area contributed by atoms with Gasteiger partial charge in [-0.05, 0) is 38.7 Å². The number of rotatable bonds is 8. The van der Waals surface area contributed by atoms with Gasteiger partial charge in [0.05, 0.1) is 5.92 Å². The van der Waals surface area contributed by atoms with E-state index in [1.807, 2.05) is 72.8 Å². The highest BCUT2D eigenvalue weighted by Crippen LogP contribution is 2.29. The fourth-order valence-corrected chi connectivity index (χ4v) is 4.63. The summed E-state index contributed by atoms with van der Waals surface area (Å²) in [6.45, 7) is 0.0783. The van der Waals surface area contributed by atoms with Gasteiger partial charge in [0.15, 0.2) is 0 Å². The van der Waals surface area contributed by atoms with Crippen LogP contribution in [0.25, 0.3) is 21.5 Å². The molecular weight excluding hydrogens is 482 g/mol. The molecule has 0 fully saturated rings. The van der Waals surface area contributed by atoms with Crippen LogP contribution in [0.3, 0.4) is 0 Å². The van der Waals surface area contributed by atoms with Crippen molar-refractivity contribution in [2.24, 2.45) is 11.5 Å². The zero-order valence-electron chi connectivity index (χ0n) is 20.6. The second-order valence-corrected chi connectivity index (χ2v) is 9.14. The highest BCUT2D eigenvalue weighted by atomic mass is 16.5. The van der Waals surface area contributed by atoms with E-state index in [-0.39, 0.29) is 18.3 Å². The Bertz CT molecular complexity index is 1680. The molecule has 5 aromatic rings. The number of hydrogen-bond donors (Lipinski definition) is 2. The summed E-state index contributed by atoms with van der Waals surface area (Å²) in [7, 11) is 1.58. The molecule has 0 bridgehead atoms. The molecule has 4 aromatic carbocycles. The summed E-state index contributed by atoms with van der Waals surface area (Å²) >= 11 is 0. The fraction of sp³-hybridized carbons (Fsp3) is 0.138. The van der Waals surface area contributed by atoms with E-state index in [1.165, 1.54) is 4.90 Å². The Morgan fingerprint density at radius 3 is 1.92 bits per heavy atom. The molecule has 3 amide bonds. The number of carbonyl (C=O) groups is 3. The number of carbonyl (C=O) groups excluding carboxylic acids is 3. The summed E-state index contributed by atoms with van der Waals surface area (Å²) in [4.78, 5) is 43.3. The number of primary amides is 2. The van der Waals surface area contributed by atoms with Crippen LogP contribution in [0.5, 0.6) is 0 Å². The van der Waals surface area contributed by atoms with Gasteiger partial charge in [-0.15, -0.1) is 0 Å². The maximum absolute atomic E-state index is 13.6. The minimum Gasteiger partial charge on any atom is -0.369 e. The monoisotopic (exact) mass is 507 g/mol. The summed E-state index contributed by atoms with van der Waals surface area (Å²) in [6, 6.07) is 26.7. The van der Waals surface area contributed by atoms with Crippen molar-refractivity contribution >= 4 is 39.3 Å². The van der Waals surface area contributed by atoms with Crippen LogP contribution < -0.4 is 11.5 Å². The zero-order valence-corrected chi connectivity index (χ0v) is 20.6. The third kappa shape index (κ3) is 4.81. The van der Waals surface area contributed by atoms with Crippen molar-refractivity contribution in [1.29, 1.82) is 0 Å². The number of nitrogens with two attached hydrogens (primary N) is 2. The van der Waals surface area contributed by atoms with Gasteiger partial charge >= 0.3 is 0 Å². The second-order valence-electron chi connectivity index (χ2n) is 9.14. The third-order valence-corrected chi connectivity index (χ3v) is 6.61. The molecule has 0 saturated heterocycles. The van der Waals surface area contributed by atoms with E-state index in [9.17, 15) is 14.4 Å². The van der Waals surface area contributed by atoms with Crippen LogP contribution in [0.2, 0.25) is 0 Å². The van der Waals surface area contributed by atoms with Gasteiger partial charge in [-0.2, -0.15) is 4.98 Å². The van der Waals surface area contributed by atoms with Crippen LogP contribution in [-0.2, 0) is 9.59 Å². The number of fused-ring (bicyclic) bond motifs is 2. The third-order valence-electron chi connectivity index (χ3n) is 6.61. The zero-order chi connectivity index (χ0) is 26.8. The molecular formula is C29H25N5O4. The van der Waals surface area contributed by atoms with Crippen LogP contribution in [-0.4, -0.2) is 46.4 Å². The summed E-state index contributed by atoms with van der Waals surface area (Å²) < 4.78 is 5.38. The van der Waals surface area contributed by atoms with Crippen molar-refractivity contribution in [3.8, 4) is 0 Å². The molecule has 0 radical (unpaired) electrons. The standard InChI is InChI=1S/C29H25N5O4/c1-34(29(37)24(25(30)35)22-13-11-18-7-3-5-9-20(18)15-22)16-23(28-32-27(26(31)36)33-38-28)21-12-10-17-6-2-4-8-19(17)14-21/h2-15,23-24H,16H2,1H3,(H2,30,35)(H2,31,36). The van der Waals surface area contributed by atoms with Crippen LogP contribution in [0, 0.1) is 0 Å². The summed E-state index contributed by atoms with van der Waals surface area (Å²) in [5.41, 5.74) is 12.3. The van der Waals surface area contributed by atoms with Gasteiger partial charge in [0.2, 0.25) is 17.7 Å². The van der Waals surface area contributed by atoms with Gasteiger partial charge in [-0.1, -0.05) is 84.0 Å². The molecule has 1 aromatic heterocycles. The Morgan fingerprint density at radius 1 is 0.816 bits per heavy atom. The molecule has 0 aliphatic carbocycles. The van der Waals surface area contributed by atoms with E-state index >= 15 is 0 Å². The largest absolute Gasteiger partial charge is 0.369 e. The average molecular weight is 508 g/mol. The first-order chi connectivity index (χ1) is 18.3. The Labute approximate surface area is 218 Å². The normalized spacial score (nSPS) is 12.8. The van der Waals surface area contributed by atoms with Crippen molar-refractivity contribution in [2.75, 3.05) is 13.6 Å². The predicted molar refractivity (Wildman–Crippen MR) is 142 cm³/mol. The number of amides is 3. The molecule has 0 saturated carbocycles. The van der Waals surface area contributed by atoms with E-state index < -0.39 is 29.6 Å². The summed E-state index contributed by atoms with van der Waals surface area (Å²) in [6.07, 6.45) is 0. The lowest BCUT2D eigenvalue weighted by Gasteiger charge is -2.26. The van der Waals surface area contributed by atoms with E-state index in [0.29, 0.717) is 5.56 Å². The highest BCUT2D eigenvalue weighted by Gasteiger charge is 2.32. The Hall–Kier alpha value is -5.05. The number of aromatic nitrogens is 2. The van der Waals surface area contributed by atoms with E-state index in [2.05, 4.69) is 10.1 Å². The van der Waals surface area contributed by atoms with Crippen molar-refractivity contribution in [3.05, 3.63) is 108 Å². The number of hydrogen-bond acceptors (Lipinski definition) is 6. The first kappa shape index (κ1) is 24.6. The maximum atomic E-state index is 13.6. The molecule has 38 heavy (non-hydrogen) atoms. The molecule has 2 unspecified atom stereocenters. The fourth-order valence-electron chi connectivity index (χ4n) is 4.63. The molecule has 0 aliphatic heterocycles. The lowest BCUT2D eigenvalue weighted by molar-refractivity contribution is -0.136. The SMILES string of the molecule is CN(CC(c1ccc2ccccc2c1)c1nc(C(N)=O)no1)C(=O)C(C(N)=O)c1ccc2ccccc2c1. The lowest BCUT2D eigenvalue weighted by atomic mass is 9.92. The first-order valence-electron chi connectivity index (χ1n) is 12.0. The molecule has 4 N–H and O–H groups in total. The van der Waals surface area contributed by atoms with Crippen LogP contribution in [0.1, 0.15) is 39.5 Å². The Kier molecular flexibility index (Phi) is 6.57. The lowest BCUT2D eigenvalue weighted by Crippen LogP contribution is -2.40. The minimum absolute atomic E-state index is 0.0783. The first-order valence-corrected chi connectivity index (χ1v) is 12.0. The molecule has 0 spiro atoms. The van der Waals surface area contributed by atoms with E-state index in [1.54, 1.807) is 19.2 Å². The summed E-state index contributed by atoms with van der Waals surface area (Å²) in [5.74, 6) is -3.99. The average Bonchev–Trinajstić information content (AvgIpc) is 3.41. The predicted octanol–water partition coefficient (Wildman–Crippen LogP) is 3.33. The van der Waals surface area contributed by atoms with Gasteiger partial charge in [0.25, 0.3) is 11.7 Å². The number of nitrogens with zero attached hydrogens (tertiary/aromatic N) is 3. The van der Waals surface area contributed by atoms with Crippen molar-refractivity contribution in [2.45, 2.75) is 11.8 Å². The van der Waals surface area contributed by atoms with Gasteiger partial charge in [0.1, 0.15) is 5.92 Å². The minimum atomic E-state index is -1.19. The van der Waals surface area contributed by atoms with Crippen molar-refractivity contribution < 1.29 is 18.9 Å². The number of likely N-dealkylation sites (N-methyl/N-ethyl adjacent to an activating group) is 1. The molecule has 2 atom stereocenters. The quantitative estimate of drug-likeness (QED) is 0.308. The number of benzene rings is 4. The van der Waals surface area contributed by atoms with Crippen LogP contribution in [0.15, 0.2) is 89.5 Å². The van der Waals surface area contributed by atoms with Gasteiger partial charge in [0, 0.05) is 13.6 Å². The molecule has 1 heterocycles. The second kappa shape index (κ2) is 10.1. The smallest absolute Gasteiger partial charge is 0.290 e. The topological polar surface area (TPSA) is 145 Å². The summed E-state index contributed by atoms with van der Waals surface area (Å²) in [5, 5.41) is 7.57. The Balaban J connectivity index is 1.49. The molecule has 9 nitrogen and oxygen atoms in total. The molecule has 190 valence electrons. The molecule has 9 heteroatoms. The van der Waals surface area contributed by atoms with Gasteiger partial charge in [-0.25, -0.2) is 0 Å². The van der Waals surface area contributed by atoms with E-state index in [0.717, 1.165) is 27.1 Å². The maximum Gasteiger partial charge on any atom is 0.290 e. The van der Waals surface area contributed by atoms with Gasteiger partial charge < -0.3 is 20.9 Å². The van der Waals surface area contributed by atoms with Crippen molar-refractivity contribution in [3.63, 3.8) is 0 Å². The van der Waals surface area contributed by atoms with Gasteiger partial charge in [-0.3, -0.25) is 14.4 Å².